The summed E-state index contributed by atoms with van der Waals surface area (Å²) < 4.78 is 0. The van der Waals surface area contributed by atoms with Crippen LogP contribution in [0, 0.1) is 13.8 Å². The van der Waals surface area contributed by atoms with Gasteiger partial charge in [-0.1, -0.05) is 29.3 Å². The summed E-state index contributed by atoms with van der Waals surface area (Å²) in [6.45, 7) is 3.72. The van der Waals surface area contributed by atoms with Crippen LogP contribution in [0.4, 0.5) is 5.69 Å². The molecule has 0 aromatic heterocycles. The van der Waals surface area contributed by atoms with Gasteiger partial charge in [-0.3, -0.25) is 4.99 Å². The number of hydrogen-bond acceptors (Lipinski definition) is 3. The van der Waals surface area contributed by atoms with Crippen LogP contribution in [-0.4, -0.2) is 16.4 Å². The predicted octanol–water partition coefficient (Wildman–Crippen LogP) is 4.77. The zero-order valence-electron chi connectivity index (χ0n) is 11.0. The first-order valence-corrected chi connectivity index (χ1v) is 6.66. The number of rotatable bonds is 2. The summed E-state index contributed by atoms with van der Waals surface area (Å²) in [6, 6.07) is 6.61. The van der Waals surface area contributed by atoms with Crippen LogP contribution in [0.5, 0.6) is 11.5 Å². The molecule has 0 fully saturated rings. The topological polar surface area (TPSA) is 52.8 Å². The highest BCUT2D eigenvalue weighted by Crippen LogP contribution is 2.33. The second-order valence-electron chi connectivity index (χ2n) is 4.53. The van der Waals surface area contributed by atoms with Crippen LogP contribution in [0.2, 0.25) is 10.0 Å². The maximum Gasteiger partial charge on any atom is 0.144 e. The third kappa shape index (κ3) is 3.06. The molecule has 2 aromatic rings. The maximum absolute atomic E-state index is 9.95. The van der Waals surface area contributed by atoms with Gasteiger partial charge in [0, 0.05) is 16.8 Å². The van der Waals surface area contributed by atoms with Crippen molar-refractivity contribution in [2.24, 2.45) is 4.99 Å². The van der Waals surface area contributed by atoms with E-state index in [0.717, 1.165) is 11.1 Å². The van der Waals surface area contributed by atoms with Crippen molar-refractivity contribution in [3.05, 3.63) is 51.0 Å². The molecule has 2 rings (SSSR count). The van der Waals surface area contributed by atoms with Crippen molar-refractivity contribution in [3.63, 3.8) is 0 Å². The first-order valence-electron chi connectivity index (χ1n) is 5.91. The number of nitrogens with zero attached hydrogens (tertiary/aromatic N) is 1. The van der Waals surface area contributed by atoms with Crippen molar-refractivity contribution in [2.45, 2.75) is 13.8 Å². The SMILES string of the molecule is Cc1cc(C)c(O)c(N=Cc2cc(Cl)cc(Cl)c2O)c1. The van der Waals surface area contributed by atoms with Crippen molar-refractivity contribution in [3.8, 4) is 11.5 Å². The number of benzene rings is 2. The van der Waals surface area contributed by atoms with Crippen molar-refractivity contribution < 1.29 is 10.2 Å². The summed E-state index contributed by atoms with van der Waals surface area (Å²) in [5.41, 5.74) is 2.55. The van der Waals surface area contributed by atoms with Crippen LogP contribution >= 0.6 is 23.2 Å². The average molecular weight is 310 g/mol. The first-order chi connectivity index (χ1) is 9.38. The van der Waals surface area contributed by atoms with E-state index in [1.165, 1.54) is 12.3 Å². The highest BCUT2D eigenvalue weighted by atomic mass is 35.5. The molecule has 104 valence electrons. The normalized spacial score (nSPS) is 11.2. The lowest BCUT2D eigenvalue weighted by molar-refractivity contribution is 0.472. The van der Waals surface area contributed by atoms with Crippen molar-refractivity contribution >= 4 is 35.1 Å². The number of aromatic hydroxyl groups is 2. The quantitative estimate of drug-likeness (QED) is 0.785. The highest BCUT2D eigenvalue weighted by Gasteiger charge is 2.07. The third-order valence-electron chi connectivity index (χ3n) is 2.83. The second kappa shape index (κ2) is 5.73. The minimum atomic E-state index is -0.0938. The van der Waals surface area contributed by atoms with Crippen LogP contribution in [0.15, 0.2) is 29.3 Å². The molecule has 0 bridgehead atoms. The highest BCUT2D eigenvalue weighted by molar-refractivity contribution is 6.36. The summed E-state index contributed by atoms with van der Waals surface area (Å²) in [6.07, 6.45) is 1.42. The van der Waals surface area contributed by atoms with E-state index in [-0.39, 0.29) is 16.5 Å². The fourth-order valence-electron chi connectivity index (χ4n) is 1.86. The molecule has 0 saturated heterocycles. The zero-order valence-corrected chi connectivity index (χ0v) is 12.5. The molecular formula is C15H13Cl2NO2. The van der Waals surface area contributed by atoms with Crippen LogP contribution in [-0.2, 0) is 0 Å². The predicted molar refractivity (Wildman–Crippen MR) is 83.0 cm³/mol. The van der Waals surface area contributed by atoms with Crippen molar-refractivity contribution in [1.29, 1.82) is 0 Å². The summed E-state index contributed by atoms with van der Waals surface area (Å²) in [4.78, 5) is 4.19. The molecule has 0 aliphatic rings. The number of halogens is 2. The maximum atomic E-state index is 9.95. The third-order valence-corrected chi connectivity index (χ3v) is 3.33. The van der Waals surface area contributed by atoms with E-state index in [2.05, 4.69) is 4.99 Å². The fraction of sp³-hybridized carbons (Fsp3) is 0.133. The number of phenolic OH excluding ortho intramolecular Hbond substituents is 2. The van der Waals surface area contributed by atoms with E-state index in [1.54, 1.807) is 19.1 Å². The van der Waals surface area contributed by atoms with Gasteiger partial charge in [0.05, 0.1) is 5.02 Å². The zero-order chi connectivity index (χ0) is 14.9. The van der Waals surface area contributed by atoms with Gasteiger partial charge in [0.2, 0.25) is 0 Å². The molecule has 5 heteroatoms. The molecule has 0 heterocycles. The van der Waals surface area contributed by atoms with Crippen molar-refractivity contribution in [1.82, 2.24) is 0 Å². The average Bonchev–Trinajstić information content (AvgIpc) is 2.37. The van der Waals surface area contributed by atoms with E-state index < -0.39 is 0 Å². The Kier molecular flexibility index (Phi) is 4.21. The summed E-state index contributed by atoms with van der Waals surface area (Å²) in [5, 5.41) is 20.3. The Morgan fingerprint density at radius 3 is 2.40 bits per heavy atom. The molecule has 2 aromatic carbocycles. The molecule has 0 aliphatic heterocycles. The number of aryl methyl sites for hydroxylation is 2. The lowest BCUT2D eigenvalue weighted by atomic mass is 10.1. The lowest BCUT2D eigenvalue weighted by Crippen LogP contribution is -1.85. The lowest BCUT2D eigenvalue weighted by Gasteiger charge is -2.05. The molecule has 0 saturated carbocycles. The summed E-state index contributed by atoms with van der Waals surface area (Å²) >= 11 is 11.7. The van der Waals surface area contributed by atoms with E-state index >= 15 is 0 Å². The number of aliphatic imine (C=N–C) groups is 1. The van der Waals surface area contributed by atoms with Gasteiger partial charge in [0.1, 0.15) is 17.2 Å². The Labute approximate surface area is 127 Å². The van der Waals surface area contributed by atoms with E-state index in [9.17, 15) is 10.2 Å². The van der Waals surface area contributed by atoms with Crippen LogP contribution in [0.3, 0.4) is 0 Å². The molecule has 2 N–H and O–H groups in total. The fourth-order valence-corrected chi connectivity index (χ4v) is 2.37. The first kappa shape index (κ1) is 14.7. The number of hydrogen-bond donors (Lipinski definition) is 2. The number of phenols is 2. The van der Waals surface area contributed by atoms with Gasteiger partial charge in [-0.05, 0) is 43.2 Å². The van der Waals surface area contributed by atoms with Gasteiger partial charge < -0.3 is 10.2 Å². The Bertz CT molecular complexity index is 637. The molecular weight excluding hydrogens is 297 g/mol. The summed E-state index contributed by atoms with van der Waals surface area (Å²) in [7, 11) is 0. The van der Waals surface area contributed by atoms with Gasteiger partial charge in [-0.2, -0.15) is 0 Å². The van der Waals surface area contributed by atoms with Crippen molar-refractivity contribution in [2.75, 3.05) is 0 Å². The molecule has 20 heavy (non-hydrogen) atoms. The standard InChI is InChI=1S/C15H13Cl2NO2/c1-8-3-9(2)14(19)13(4-8)18-7-10-5-11(16)6-12(17)15(10)20/h3-7,19-20H,1-2H3. The second-order valence-corrected chi connectivity index (χ2v) is 5.38. The molecule has 0 amide bonds. The van der Waals surface area contributed by atoms with E-state index in [1.807, 2.05) is 13.0 Å². The van der Waals surface area contributed by atoms with Crippen LogP contribution < -0.4 is 0 Å². The molecule has 0 radical (unpaired) electrons. The smallest absolute Gasteiger partial charge is 0.144 e. The Hall–Kier alpha value is -1.71. The van der Waals surface area contributed by atoms with Gasteiger partial charge in [0.15, 0.2) is 0 Å². The largest absolute Gasteiger partial charge is 0.506 e. The minimum absolute atomic E-state index is 0.0938. The van der Waals surface area contributed by atoms with Gasteiger partial charge in [0.25, 0.3) is 0 Å². The molecule has 0 unspecified atom stereocenters. The molecule has 0 spiro atoms. The van der Waals surface area contributed by atoms with Crippen LogP contribution in [0.1, 0.15) is 16.7 Å². The van der Waals surface area contributed by atoms with Gasteiger partial charge in [-0.15, -0.1) is 0 Å². The van der Waals surface area contributed by atoms with E-state index in [0.29, 0.717) is 16.3 Å². The summed E-state index contributed by atoms with van der Waals surface area (Å²) in [5.74, 6) is 0.0168. The Balaban J connectivity index is 2.45. The minimum Gasteiger partial charge on any atom is -0.506 e. The van der Waals surface area contributed by atoms with Gasteiger partial charge >= 0.3 is 0 Å². The Morgan fingerprint density at radius 2 is 1.70 bits per heavy atom. The van der Waals surface area contributed by atoms with E-state index in [4.69, 9.17) is 23.2 Å². The molecule has 3 nitrogen and oxygen atoms in total. The molecule has 0 aliphatic carbocycles. The Morgan fingerprint density at radius 1 is 1.00 bits per heavy atom. The van der Waals surface area contributed by atoms with Crippen LogP contribution in [0.25, 0.3) is 0 Å². The molecule has 0 atom stereocenters. The monoisotopic (exact) mass is 309 g/mol. The van der Waals surface area contributed by atoms with Gasteiger partial charge in [-0.25, -0.2) is 0 Å².